The second-order valence-corrected chi connectivity index (χ2v) is 3.31. The summed E-state index contributed by atoms with van der Waals surface area (Å²) in [6.07, 6.45) is 4.44. The van der Waals surface area contributed by atoms with Crippen molar-refractivity contribution in [3.05, 3.63) is 48.0 Å². The number of aromatic carboxylic acids is 2. The Morgan fingerprint density at radius 3 is 2.47 bits per heavy atom. The predicted octanol–water partition coefficient (Wildman–Crippen LogP) is 1.27. The maximum absolute atomic E-state index is 11.0. The molecule has 1 aromatic carbocycles. The van der Waals surface area contributed by atoms with Crippen LogP contribution in [0.4, 0.5) is 0 Å². The standard InChI is InChI=1S/C11H8N2O4/c14-10(15)7-1-2-8(11(16)17)9(5-7)13-4-3-12-6-13/h1-6H,(H,14,15)(H,16,17). The molecular formula is C11H8N2O4. The van der Waals surface area contributed by atoms with E-state index in [1.807, 2.05) is 0 Å². The topological polar surface area (TPSA) is 92.4 Å². The largest absolute Gasteiger partial charge is 0.478 e. The van der Waals surface area contributed by atoms with Crippen molar-refractivity contribution < 1.29 is 19.8 Å². The first-order valence-electron chi connectivity index (χ1n) is 4.68. The average Bonchev–Trinajstić information content (AvgIpc) is 2.81. The highest BCUT2D eigenvalue weighted by atomic mass is 16.4. The van der Waals surface area contributed by atoms with Crippen molar-refractivity contribution in [3.63, 3.8) is 0 Å². The predicted molar refractivity (Wildman–Crippen MR) is 57.5 cm³/mol. The Kier molecular flexibility index (Phi) is 2.61. The van der Waals surface area contributed by atoms with Gasteiger partial charge in [0.05, 0.1) is 23.1 Å². The molecule has 0 radical (unpaired) electrons. The van der Waals surface area contributed by atoms with Crippen LogP contribution in [0.3, 0.4) is 0 Å². The molecule has 1 heterocycles. The molecule has 2 rings (SSSR count). The number of carboxylic acid groups (broad SMARTS) is 2. The minimum Gasteiger partial charge on any atom is -0.478 e. The lowest BCUT2D eigenvalue weighted by atomic mass is 10.1. The first-order valence-corrected chi connectivity index (χ1v) is 4.68. The fourth-order valence-electron chi connectivity index (χ4n) is 1.46. The van der Waals surface area contributed by atoms with Crippen LogP contribution < -0.4 is 0 Å². The number of aromatic nitrogens is 2. The molecule has 2 aromatic rings. The first-order chi connectivity index (χ1) is 8.09. The van der Waals surface area contributed by atoms with Crippen LogP contribution in [0.2, 0.25) is 0 Å². The molecule has 1 aromatic heterocycles. The zero-order chi connectivity index (χ0) is 12.4. The van der Waals surface area contributed by atoms with Crippen molar-refractivity contribution in [1.82, 2.24) is 9.55 Å². The zero-order valence-corrected chi connectivity index (χ0v) is 8.57. The monoisotopic (exact) mass is 232 g/mol. The molecule has 0 aliphatic rings. The Morgan fingerprint density at radius 2 is 1.94 bits per heavy atom. The maximum Gasteiger partial charge on any atom is 0.337 e. The molecule has 86 valence electrons. The number of carbonyl (C=O) groups is 2. The van der Waals surface area contributed by atoms with E-state index in [2.05, 4.69) is 4.98 Å². The fourth-order valence-corrected chi connectivity index (χ4v) is 1.46. The van der Waals surface area contributed by atoms with E-state index in [-0.39, 0.29) is 16.8 Å². The van der Waals surface area contributed by atoms with Crippen molar-refractivity contribution in [2.24, 2.45) is 0 Å². The summed E-state index contributed by atoms with van der Waals surface area (Å²) in [7, 11) is 0. The van der Waals surface area contributed by atoms with E-state index in [0.29, 0.717) is 0 Å². The Bertz CT molecular complexity index is 575. The summed E-state index contributed by atoms with van der Waals surface area (Å²) in [6, 6.07) is 3.82. The molecule has 0 aliphatic heterocycles. The Labute approximate surface area is 95.8 Å². The Morgan fingerprint density at radius 1 is 1.18 bits per heavy atom. The van der Waals surface area contributed by atoms with Gasteiger partial charge in [0.25, 0.3) is 0 Å². The third-order valence-electron chi connectivity index (χ3n) is 2.26. The molecule has 0 aliphatic carbocycles. The molecule has 0 atom stereocenters. The molecule has 0 spiro atoms. The van der Waals surface area contributed by atoms with Crippen molar-refractivity contribution in [2.45, 2.75) is 0 Å². The van der Waals surface area contributed by atoms with E-state index < -0.39 is 11.9 Å². The molecular weight excluding hydrogens is 224 g/mol. The molecule has 2 N–H and O–H groups in total. The van der Waals surface area contributed by atoms with E-state index >= 15 is 0 Å². The van der Waals surface area contributed by atoms with Gasteiger partial charge in [-0.15, -0.1) is 0 Å². The summed E-state index contributed by atoms with van der Waals surface area (Å²) >= 11 is 0. The molecule has 0 saturated carbocycles. The Balaban J connectivity index is 2.64. The van der Waals surface area contributed by atoms with Crippen LogP contribution in [0.25, 0.3) is 5.69 Å². The van der Waals surface area contributed by atoms with Gasteiger partial charge in [0.1, 0.15) is 0 Å². The molecule has 6 nitrogen and oxygen atoms in total. The van der Waals surface area contributed by atoms with Gasteiger partial charge in [-0.3, -0.25) is 0 Å². The summed E-state index contributed by atoms with van der Waals surface area (Å²) in [4.78, 5) is 25.6. The molecule has 0 amide bonds. The third kappa shape index (κ3) is 2.00. The van der Waals surface area contributed by atoms with Crippen molar-refractivity contribution in [1.29, 1.82) is 0 Å². The lowest BCUT2D eigenvalue weighted by Gasteiger charge is -2.07. The van der Waals surface area contributed by atoms with Gasteiger partial charge >= 0.3 is 11.9 Å². The van der Waals surface area contributed by atoms with Crippen molar-refractivity contribution in [3.8, 4) is 5.69 Å². The van der Waals surface area contributed by atoms with Crippen LogP contribution >= 0.6 is 0 Å². The number of carboxylic acids is 2. The normalized spacial score (nSPS) is 10.1. The zero-order valence-electron chi connectivity index (χ0n) is 8.57. The van der Waals surface area contributed by atoms with E-state index in [9.17, 15) is 9.59 Å². The highest BCUT2D eigenvalue weighted by Gasteiger charge is 2.14. The van der Waals surface area contributed by atoms with Crippen LogP contribution in [-0.4, -0.2) is 31.7 Å². The number of hydrogen-bond acceptors (Lipinski definition) is 3. The summed E-state index contributed by atoms with van der Waals surface area (Å²) in [5, 5.41) is 17.9. The van der Waals surface area contributed by atoms with Gasteiger partial charge in [-0.2, -0.15) is 0 Å². The summed E-state index contributed by atoms with van der Waals surface area (Å²) in [5.41, 5.74) is 0.321. The highest BCUT2D eigenvalue weighted by Crippen LogP contribution is 2.17. The van der Waals surface area contributed by atoms with Crippen LogP contribution in [-0.2, 0) is 0 Å². The highest BCUT2D eigenvalue weighted by molar-refractivity contribution is 5.95. The summed E-state index contributed by atoms with van der Waals surface area (Å²) < 4.78 is 1.45. The lowest BCUT2D eigenvalue weighted by Crippen LogP contribution is -2.07. The van der Waals surface area contributed by atoms with E-state index in [1.54, 1.807) is 6.20 Å². The number of rotatable bonds is 3. The molecule has 0 unspecified atom stereocenters. The molecule has 0 fully saturated rings. The van der Waals surface area contributed by atoms with Crippen molar-refractivity contribution in [2.75, 3.05) is 0 Å². The van der Waals surface area contributed by atoms with E-state index in [0.717, 1.165) is 0 Å². The van der Waals surface area contributed by atoms with Crippen LogP contribution in [0.5, 0.6) is 0 Å². The molecule has 17 heavy (non-hydrogen) atoms. The van der Waals surface area contributed by atoms with Gasteiger partial charge in [-0.25, -0.2) is 14.6 Å². The van der Waals surface area contributed by atoms with Gasteiger partial charge in [-0.1, -0.05) is 0 Å². The van der Waals surface area contributed by atoms with Gasteiger partial charge in [0, 0.05) is 12.4 Å². The molecule has 6 heteroatoms. The third-order valence-corrected chi connectivity index (χ3v) is 2.26. The Hall–Kier alpha value is -2.63. The van der Waals surface area contributed by atoms with E-state index in [4.69, 9.17) is 10.2 Å². The van der Waals surface area contributed by atoms with Gasteiger partial charge in [0.2, 0.25) is 0 Å². The second-order valence-electron chi connectivity index (χ2n) is 3.31. The van der Waals surface area contributed by atoms with Gasteiger partial charge in [0.15, 0.2) is 0 Å². The minimum absolute atomic E-state index is 0.0213. The molecule has 0 bridgehead atoms. The number of hydrogen-bond donors (Lipinski definition) is 2. The minimum atomic E-state index is -1.12. The fraction of sp³-hybridized carbons (Fsp3) is 0. The van der Waals surface area contributed by atoms with Crippen molar-refractivity contribution >= 4 is 11.9 Å². The maximum atomic E-state index is 11.0. The number of benzene rings is 1. The van der Waals surface area contributed by atoms with Crippen LogP contribution in [0.15, 0.2) is 36.9 Å². The average molecular weight is 232 g/mol. The lowest BCUT2D eigenvalue weighted by molar-refractivity contribution is 0.0681. The smallest absolute Gasteiger partial charge is 0.337 e. The number of imidazole rings is 1. The second kappa shape index (κ2) is 4.09. The SMILES string of the molecule is O=C(O)c1ccc(C(=O)O)c(-n2ccnc2)c1. The van der Waals surface area contributed by atoms with Gasteiger partial charge in [-0.05, 0) is 18.2 Å². The first kappa shape index (κ1) is 10.9. The van der Waals surface area contributed by atoms with E-state index in [1.165, 1.54) is 35.3 Å². The van der Waals surface area contributed by atoms with Crippen LogP contribution in [0.1, 0.15) is 20.7 Å². The quantitative estimate of drug-likeness (QED) is 0.831. The van der Waals surface area contributed by atoms with Crippen LogP contribution in [0, 0.1) is 0 Å². The van der Waals surface area contributed by atoms with Gasteiger partial charge < -0.3 is 14.8 Å². The molecule has 0 saturated heterocycles. The summed E-state index contributed by atoms with van der Waals surface area (Å²) in [5.74, 6) is -2.23. The summed E-state index contributed by atoms with van der Waals surface area (Å²) in [6.45, 7) is 0. The number of nitrogens with zero attached hydrogens (tertiary/aromatic N) is 2.